The van der Waals surface area contributed by atoms with Crippen LogP contribution in [0.1, 0.15) is 39.0 Å². The predicted molar refractivity (Wildman–Crippen MR) is 120 cm³/mol. The molecule has 0 amide bonds. The lowest BCUT2D eigenvalue weighted by molar-refractivity contribution is -0.147. The van der Waals surface area contributed by atoms with Gasteiger partial charge in [-0.05, 0) is 43.4 Å². The summed E-state index contributed by atoms with van der Waals surface area (Å²) in [5.74, 6) is -1.15. The number of carbonyl (C=O) groups is 2. The molecule has 0 saturated heterocycles. The van der Waals surface area contributed by atoms with Crippen LogP contribution in [0.3, 0.4) is 0 Å². The molecule has 1 aromatic carbocycles. The number of unbranched alkanes of at least 4 members (excludes halogenated alkanes) is 1. The van der Waals surface area contributed by atoms with Crippen molar-refractivity contribution in [2.24, 2.45) is 11.8 Å². The Morgan fingerprint density at radius 1 is 1.31 bits per heavy atom. The van der Waals surface area contributed by atoms with E-state index in [1.54, 1.807) is 36.4 Å². The number of hydrogen-bond acceptors (Lipinski definition) is 6. The average Bonchev–Trinajstić information content (AvgIpc) is 3.00. The summed E-state index contributed by atoms with van der Waals surface area (Å²) >= 11 is 5.92. The van der Waals surface area contributed by atoms with Crippen molar-refractivity contribution in [2.75, 3.05) is 6.61 Å². The van der Waals surface area contributed by atoms with Crippen molar-refractivity contribution >= 4 is 23.5 Å². The molecule has 0 aliphatic heterocycles. The van der Waals surface area contributed by atoms with Crippen LogP contribution in [0.25, 0.3) is 0 Å². The minimum Gasteiger partial charge on any atom is -0.491 e. The molecular formula is C24H31ClO7. The average molecular weight is 467 g/mol. The van der Waals surface area contributed by atoms with Crippen LogP contribution in [0, 0.1) is 11.8 Å². The van der Waals surface area contributed by atoms with Crippen LogP contribution in [0.5, 0.6) is 5.75 Å². The van der Waals surface area contributed by atoms with E-state index in [1.807, 2.05) is 12.2 Å². The number of aliphatic carboxylic acids is 1. The number of carboxylic acid groups (broad SMARTS) is 1. The molecule has 2 rings (SSSR count). The number of aliphatic hydroxyl groups excluding tert-OH is 2. The normalized spacial score (nSPS) is 24.1. The molecule has 0 bridgehead atoms. The van der Waals surface area contributed by atoms with E-state index in [0.29, 0.717) is 36.5 Å². The molecule has 3 N–H and O–H groups in total. The predicted octanol–water partition coefficient (Wildman–Crippen LogP) is 3.77. The number of halogens is 1. The number of rotatable bonds is 12. The standard InChI is InChI=1S/C24H31ClO7/c1-16(26)32-23-14-22(28)20(9-4-2-3-5-10-24(29)30)21(23)12-11-18(27)15-31-19-8-6-7-17(25)13-19/h2,4,6-8,11-13,18,20-23,27-28H,3,5,9-10,14-15H2,1H3,(H,29,30)/b4-2-,12-11+/t18-,20-,21-,22+,23-/m1/s1. The second-order valence-electron chi connectivity index (χ2n) is 7.91. The zero-order chi connectivity index (χ0) is 23.5. The smallest absolute Gasteiger partial charge is 0.303 e. The largest absolute Gasteiger partial charge is 0.491 e. The highest BCUT2D eigenvalue weighted by Crippen LogP contribution is 2.38. The van der Waals surface area contributed by atoms with E-state index in [2.05, 4.69) is 0 Å². The first-order valence-electron chi connectivity index (χ1n) is 10.7. The number of aliphatic hydroxyl groups is 2. The van der Waals surface area contributed by atoms with E-state index in [0.717, 1.165) is 0 Å². The van der Waals surface area contributed by atoms with E-state index in [9.17, 15) is 19.8 Å². The second kappa shape index (κ2) is 13.3. The lowest BCUT2D eigenvalue weighted by atomic mass is 9.89. The number of hydrogen-bond donors (Lipinski definition) is 3. The van der Waals surface area contributed by atoms with Gasteiger partial charge >= 0.3 is 11.9 Å². The quantitative estimate of drug-likeness (QED) is 0.244. The van der Waals surface area contributed by atoms with E-state index in [-0.39, 0.29) is 24.9 Å². The van der Waals surface area contributed by atoms with Crippen molar-refractivity contribution in [1.82, 2.24) is 0 Å². The molecule has 1 aliphatic carbocycles. The van der Waals surface area contributed by atoms with Crippen molar-refractivity contribution in [3.63, 3.8) is 0 Å². The minimum atomic E-state index is -0.892. The highest BCUT2D eigenvalue weighted by Gasteiger charge is 2.42. The molecule has 0 spiro atoms. The first-order chi connectivity index (χ1) is 15.3. The SMILES string of the molecule is CC(=O)O[C@@H]1C[C@H](O)[C@H](C/C=C\CCCC(=O)O)[C@H]1/C=C/[C@@H](O)COc1cccc(Cl)c1. The zero-order valence-electron chi connectivity index (χ0n) is 18.1. The Morgan fingerprint density at radius 3 is 2.78 bits per heavy atom. The maximum Gasteiger partial charge on any atom is 0.303 e. The first-order valence-corrected chi connectivity index (χ1v) is 11.1. The third kappa shape index (κ3) is 9.02. The summed E-state index contributed by atoms with van der Waals surface area (Å²) in [5, 5.41) is 30.1. The fraction of sp³-hybridized carbons (Fsp3) is 0.500. The van der Waals surface area contributed by atoms with Gasteiger partial charge in [-0.25, -0.2) is 0 Å². The Hall–Kier alpha value is -2.35. The van der Waals surface area contributed by atoms with Crippen molar-refractivity contribution < 1.29 is 34.4 Å². The van der Waals surface area contributed by atoms with Gasteiger partial charge in [-0.15, -0.1) is 0 Å². The molecule has 1 aromatic rings. The van der Waals surface area contributed by atoms with Gasteiger partial charge < -0.3 is 24.8 Å². The number of carboxylic acids is 1. The minimum absolute atomic E-state index is 0.0263. The van der Waals surface area contributed by atoms with E-state index in [1.165, 1.54) is 6.92 Å². The highest BCUT2D eigenvalue weighted by molar-refractivity contribution is 6.30. The van der Waals surface area contributed by atoms with Crippen molar-refractivity contribution in [1.29, 1.82) is 0 Å². The van der Waals surface area contributed by atoms with Gasteiger partial charge in [-0.3, -0.25) is 9.59 Å². The highest BCUT2D eigenvalue weighted by atomic mass is 35.5. The van der Waals surface area contributed by atoms with E-state index < -0.39 is 30.3 Å². The maximum atomic E-state index is 11.5. The van der Waals surface area contributed by atoms with Crippen LogP contribution in [0.4, 0.5) is 0 Å². The molecule has 1 saturated carbocycles. The Kier molecular flexibility index (Phi) is 10.7. The number of benzene rings is 1. The molecule has 7 nitrogen and oxygen atoms in total. The van der Waals surface area contributed by atoms with E-state index >= 15 is 0 Å². The van der Waals surface area contributed by atoms with Gasteiger partial charge in [0.1, 0.15) is 24.6 Å². The lowest BCUT2D eigenvalue weighted by Crippen LogP contribution is -2.24. The van der Waals surface area contributed by atoms with Crippen LogP contribution in [0.15, 0.2) is 48.6 Å². The monoisotopic (exact) mass is 466 g/mol. The summed E-state index contributed by atoms with van der Waals surface area (Å²) in [6, 6.07) is 6.88. The summed E-state index contributed by atoms with van der Waals surface area (Å²) in [6.07, 6.45) is 7.35. The molecule has 0 aromatic heterocycles. The Morgan fingerprint density at radius 2 is 2.09 bits per heavy atom. The molecular weight excluding hydrogens is 436 g/mol. The number of carbonyl (C=O) groups excluding carboxylic acids is 1. The molecule has 0 unspecified atom stereocenters. The lowest BCUT2D eigenvalue weighted by Gasteiger charge is -2.22. The third-order valence-electron chi connectivity index (χ3n) is 5.32. The van der Waals surface area contributed by atoms with Gasteiger partial charge in [0.15, 0.2) is 0 Å². The molecule has 0 heterocycles. The maximum absolute atomic E-state index is 11.5. The van der Waals surface area contributed by atoms with E-state index in [4.69, 9.17) is 26.2 Å². The molecule has 8 heteroatoms. The molecule has 32 heavy (non-hydrogen) atoms. The van der Waals surface area contributed by atoms with Crippen LogP contribution in [-0.2, 0) is 14.3 Å². The van der Waals surface area contributed by atoms with Crippen LogP contribution >= 0.6 is 11.6 Å². The van der Waals surface area contributed by atoms with Crippen molar-refractivity contribution in [3.8, 4) is 5.75 Å². The summed E-state index contributed by atoms with van der Waals surface area (Å²) in [5.41, 5.74) is 0. The topological polar surface area (TPSA) is 113 Å². The van der Waals surface area contributed by atoms with Gasteiger partial charge in [-0.1, -0.05) is 42.0 Å². The zero-order valence-corrected chi connectivity index (χ0v) is 18.9. The number of esters is 1. The second-order valence-corrected chi connectivity index (χ2v) is 8.34. The van der Waals surface area contributed by atoms with Crippen molar-refractivity contribution in [2.45, 2.75) is 57.3 Å². The number of ether oxygens (including phenoxy) is 2. The molecule has 1 aliphatic rings. The molecule has 0 radical (unpaired) electrons. The molecule has 5 atom stereocenters. The fourth-order valence-electron chi connectivity index (χ4n) is 3.82. The molecule has 176 valence electrons. The first kappa shape index (κ1) is 25.9. The summed E-state index contributed by atoms with van der Waals surface area (Å²) in [6.45, 7) is 1.36. The number of allylic oxidation sites excluding steroid dienone is 2. The van der Waals surface area contributed by atoms with Gasteiger partial charge in [0.05, 0.1) is 6.10 Å². The Labute approximate surface area is 193 Å². The summed E-state index contributed by atoms with van der Waals surface area (Å²) in [4.78, 5) is 22.1. The van der Waals surface area contributed by atoms with Crippen LogP contribution in [-0.4, -0.2) is 52.2 Å². The van der Waals surface area contributed by atoms with Crippen LogP contribution < -0.4 is 4.74 Å². The third-order valence-corrected chi connectivity index (χ3v) is 5.55. The summed E-state index contributed by atoms with van der Waals surface area (Å²) < 4.78 is 11.0. The van der Waals surface area contributed by atoms with Gasteiger partial charge in [-0.2, -0.15) is 0 Å². The van der Waals surface area contributed by atoms with Gasteiger partial charge in [0.25, 0.3) is 0 Å². The summed E-state index contributed by atoms with van der Waals surface area (Å²) in [7, 11) is 0. The Balaban J connectivity index is 1.96. The van der Waals surface area contributed by atoms with Gasteiger partial charge in [0.2, 0.25) is 0 Å². The van der Waals surface area contributed by atoms with Crippen molar-refractivity contribution in [3.05, 3.63) is 53.6 Å². The fourth-order valence-corrected chi connectivity index (χ4v) is 4.00. The Bertz CT molecular complexity index is 807. The molecule has 1 fully saturated rings. The van der Waals surface area contributed by atoms with Gasteiger partial charge in [0, 0.05) is 30.7 Å². The van der Waals surface area contributed by atoms with Crippen LogP contribution in [0.2, 0.25) is 5.02 Å².